The molecule has 4 N–H and O–H groups in total. The van der Waals surface area contributed by atoms with Crippen LogP contribution in [0.1, 0.15) is 5.69 Å². The van der Waals surface area contributed by atoms with Crippen molar-refractivity contribution in [3.05, 3.63) is 17.8 Å². The summed E-state index contributed by atoms with van der Waals surface area (Å²) in [4.78, 5) is 7.63. The van der Waals surface area contributed by atoms with Gasteiger partial charge in [-0.15, -0.1) is 0 Å². The Balaban J connectivity index is 2.65. The molecule has 0 bridgehead atoms. The molecule has 2 aromatic rings. The number of aromatic nitrogens is 3. The lowest BCUT2D eigenvalue weighted by Gasteiger charge is -2.10. The van der Waals surface area contributed by atoms with Crippen molar-refractivity contribution in [2.75, 3.05) is 7.11 Å². The molecule has 0 atom stereocenters. The van der Waals surface area contributed by atoms with Gasteiger partial charge in [0, 0.05) is 12.1 Å². The largest absolute Gasteiger partial charge is 0.502 e. The average Bonchev–Trinajstić information content (AvgIpc) is 2.70. The van der Waals surface area contributed by atoms with Crippen LogP contribution in [0.4, 0.5) is 0 Å². The highest BCUT2D eigenvalue weighted by Crippen LogP contribution is 2.30. The maximum Gasteiger partial charge on any atom is 0.261 e. The lowest BCUT2D eigenvalue weighted by molar-refractivity contribution is 0.264. The van der Waals surface area contributed by atoms with Crippen LogP contribution in [0, 0.1) is 0 Å². The lowest BCUT2D eigenvalue weighted by Crippen LogP contribution is -2.05. The summed E-state index contributed by atoms with van der Waals surface area (Å²) in [5, 5.41) is 37.7. The Hall–Kier alpha value is -2.48. The first kappa shape index (κ1) is 12.0. The van der Waals surface area contributed by atoms with Crippen molar-refractivity contribution in [2.24, 2.45) is 0 Å². The molecular weight excluding hydrogens is 242 g/mol. The average molecular weight is 253 g/mol. The number of rotatable bonds is 3. The van der Waals surface area contributed by atoms with E-state index in [4.69, 9.17) is 9.84 Å². The van der Waals surface area contributed by atoms with E-state index < -0.39 is 12.4 Å². The summed E-state index contributed by atoms with van der Waals surface area (Å²) >= 11 is 0. The van der Waals surface area contributed by atoms with Gasteiger partial charge in [0.25, 0.3) is 5.88 Å². The fourth-order valence-electron chi connectivity index (χ4n) is 1.44. The highest BCUT2D eigenvalue weighted by molar-refractivity contribution is 5.42. The lowest BCUT2D eigenvalue weighted by atomic mass is 10.4. The molecular formula is C10H11N3O5. The smallest absolute Gasteiger partial charge is 0.261 e. The molecule has 0 aromatic carbocycles. The second-order valence-electron chi connectivity index (χ2n) is 3.37. The zero-order valence-corrected chi connectivity index (χ0v) is 9.40. The Labute approximate surface area is 101 Å². The number of aromatic hydroxyl groups is 3. The quantitative estimate of drug-likeness (QED) is 0.602. The number of ether oxygens (including phenoxy) is 1. The van der Waals surface area contributed by atoms with Gasteiger partial charge in [-0.05, 0) is 0 Å². The topological polar surface area (TPSA) is 121 Å². The third-order valence-corrected chi connectivity index (χ3v) is 2.30. The molecule has 0 fully saturated rings. The summed E-state index contributed by atoms with van der Waals surface area (Å²) in [6, 6.07) is 2.49. The molecule has 0 spiro atoms. The minimum absolute atomic E-state index is 0.0793. The summed E-state index contributed by atoms with van der Waals surface area (Å²) in [5.41, 5.74) is -0.0793. The molecule has 0 saturated carbocycles. The summed E-state index contributed by atoms with van der Waals surface area (Å²) in [6.45, 7) is -0.541. The highest BCUT2D eigenvalue weighted by Gasteiger charge is 2.18. The van der Waals surface area contributed by atoms with Crippen molar-refractivity contribution in [3.63, 3.8) is 0 Å². The Morgan fingerprint density at radius 2 is 1.78 bits per heavy atom. The van der Waals surface area contributed by atoms with Crippen molar-refractivity contribution >= 4 is 0 Å². The van der Waals surface area contributed by atoms with Crippen molar-refractivity contribution in [2.45, 2.75) is 6.61 Å². The molecule has 2 rings (SSSR count). The molecule has 0 aliphatic carbocycles. The van der Waals surface area contributed by atoms with E-state index in [-0.39, 0.29) is 29.3 Å². The Kier molecular flexibility index (Phi) is 2.94. The fraction of sp³-hybridized carbons (Fsp3) is 0.200. The van der Waals surface area contributed by atoms with E-state index in [2.05, 4.69) is 9.97 Å². The molecule has 8 nitrogen and oxygen atoms in total. The van der Waals surface area contributed by atoms with E-state index in [1.807, 2.05) is 0 Å². The van der Waals surface area contributed by atoms with E-state index in [9.17, 15) is 15.3 Å². The van der Waals surface area contributed by atoms with Crippen molar-refractivity contribution in [3.8, 4) is 29.3 Å². The van der Waals surface area contributed by atoms with Gasteiger partial charge < -0.3 is 25.2 Å². The van der Waals surface area contributed by atoms with Crippen LogP contribution in [-0.2, 0) is 6.61 Å². The van der Waals surface area contributed by atoms with E-state index in [1.165, 1.54) is 19.2 Å². The molecule has 0 radical (unpaired) electrons. The van der Waals surface area contributed by atoms with Crippen LogP contribution in [0.25, 0.3) is 5.95 Å². The van der Waals surface area contributed by atoms with Crippen molar-refractivity contribution in [1.29, 1.82) is 0 Å². The summed E-state index contributed by atoms with van der Waals surface area (Å²) in [5.74, 6) is -1.27. The normalized spacial score (nSPS) is 10.6. The van der Waals surface area contributed by atoms with E-state index >= 15 is 0 Å². The van der Waals surface area contributed by atoms with E-state index in [0.717, 1.165) is 4.57 Å². The standard InChI is InChI=1S/C10H11N3O5/c1-18-9-8(17)5(4-14)11-10(12-9)13-6(15)2-3-7(13)16/h2-3,14-17H,4H2,1H3. The molecule has 0 saturated heterocycles. The molecule has 18 heavy (non-hydrogen) atoms. The van der Waals surface area contributed by atoms with Gasteiger partial charge in [0.05, 0.1) is 13.7 Å². The molecule has 96 valence electrons. The zero-order valence-electron chi connectivity index (χ0n) is 9.40. The number of nitrogens with zero attached hydrogens (tertiary/aromatic N) is 3. The second kappa shape index (κ2) is 4.41. The number of hydrogen-bond acceptors (Lipinski definition) is 7. The van der Waals surface area contributed by atoms with Crippen LogP contribution in [-0.4, -0.2) is 42.1 Å². The molecule has 0 aliphatic rings. The second-order valence-corrected chi connectivity index (χ2v) is 3.37. The highest BCUT2D eigenvalue weighted by atomic mass is 16.5. The third kappa shape index (κ3) is 1.78. The van der Waals surface area contributed by atoms with Gasteiger partial charge in [-0.25, -0.2) is 9.55 Å². The number of hydrogen-bond donors (Lipinski definition) is 4. The first-order valence-corrected chi connectivity index (χ1v) is 4.93. The molecule has 0 amide bonds. The van der Waals surface area contributed by atoms with Gasteiger partial charge in [-0.3, -0.25) is 0 Å². The third-order valence-electron chi connectivity index (χ3n) is 2.30. The Morgan fingerprint density at radius 3 is 2.28 bits per heavy atom. The van der Waals surface area contributed by atoms with E-state index in [1.54, 1.807) is 0 Å². The van der Waals surface area contributed by atoms with Crippen LogP contribution in [0.2, 0.25) is 0 Å². The first-order chi connectivity index (χ1) is 8.58. The van der Waals surface area contributed by atoms with Crippen LogP contribution in [0.3, 0.4) is 0 Å². The maximum atomic E-state index is 9.61. The number of aliphatic hydroxyl groups is 1. The number of aliphatic hydroxyl groups excluding tert-OH is 1. The van der Waals surface area contributed by atoms with Gasteiger partial charge in [0.2, 0.25) is 23.5 Å². The van der Waals surface area contributed by atoms with Gasteiger partial charge in [-0.1, -0.05) is 0 Å². The van der Waals surface area contributed by atoms with Crippen molar-refractivity contribution in [1.82, 2.24) is 14.5 Å². The summed E-state index contributed by atoms with van der Waals surface area (Å²) in [6.07, 6.45) is 0. The van der Waals surface area contributed by atoms with Crippen molar-refractivity contribution < 1.29 is 25.2 Å². The van der Waals surface area contributed by atoms with Gasteiger partial charge in [0.15, 0.2) is 0 Å². The molecule has 2 aromatic heterocycles. The summed E-state index contributed by atoms with van der Waals surface area (Å²) in [7, 11) is 1.28. The fourth-order valence-corrected chi connectivity index (χ4v) is 1.44. The predicted octanol–water partition coefficient (Wildman–Crippen LogP) is -0.115. The maximum absolute atomic E-state index is 9.61. The van der Waals surface area contributed by atoms with Gasteiger partial charge in [-0.2, -0.15) is 4.98 Å². The van der Waals surface area contributed by atoms with Crippen LogP contribution in [0.15, 0.2) is 12.1 Å². The predicted molar refractivity (Wildman–Crippen MR) is 58.8 cm³/mol. The first-order valence-electron chi connectivity index (χ1n) is 4.93. The van der Waals surface area contributed by atoms with Crippen LogP contribution < -0.4 is 4.74 Å². The SMILES string of the molecule is COc1nc(-n2c(O)ccc2O)nc(CO)c1O. The van der Waals surface area contributed by atoms with Crippen LogP contribution in [0.5, 0.6) is 23.4 Å². The monoisotopic (exact) mass is 253 g/mol. The minimum atomic E-state index is -0.541. The molecule has 8 heteroatoms. The minimum Gasteiger partial charge on any atom is -0.502 e. The van der Waals surface area contributed by atoms with Gasteiger partial charge in [0.1, 0.15) is 5.69 Å². The molecule has 2 heterocycles. The van der Waals surface area contributed by atoms with E-state index in [0.29, 0.717) is 0 Å². The molecule has 0 unspecified atom stereocenters. The number of methoxy groups -OCH3 is 1. The Morgan fingerprint density at radius 1 is 1.17 bits per heavy atom. The zero-order chi connectivity index (χ0) is 13.3. The Bertz CT molecular complexity index is 536. The van der Waals surface area contributed by atoms with Gasteiger partial charge >= 0.3 is 0 Å². The van der Waals surface area contributed by atoms with Crippen LogP contribution >= 0.6 is 0 Å². The summed E-state index contributed by atoms with van der Waals surface area (Å²) < 4.78 is 5.75. The molecule has 0 aliphatic heterocycles.